The predicted octanol–water partition coefficient (Wildman–Crippen LogP) is 1.24. The van der Waals surface area contributed by atoms with Crippen LogP contribution in [-0.2, 0) is 24.5 Å². The summed E-state index contributed by atoms with van der Waals surface area (Å²) in [4.78, 5) is 39.8. The molecule has 154 valence electrons. The van der Waals surface area contributed by atoms with Gasteiger partial charge in [0.2, 0.25) is 17.7 Å². The van der Waals surface area contributed by atoms with Gasteiger partial charge >= 0.3 is 0 Å². The fraction of sp³-hybridized carbons (Fsp3) is 0.571. The SMILES string of the molecule is COCCCN1C(=O)C[C@@](CC(=O)NCC(C)(C)CO)(c2ccccc2)C1=O. The van der Waals surface area contributed by atoms with Crippen LogP contribution < -0.4 is 5.32 Å². The number of likely N-dealkylation sites (tertiary alicyclic amines) is 1. The number of imide groups is 1. The second kappa shape index (κ2) is 9.30. The number of methoxy groups -OCH3 is 1. The zero-order valence-corrected chi connectivity index (χ0v) is 16.9. The molecule has 1 heterocycles. The quantitative estimate of drug-likeness (QED) is 0.463. The third kappa shape index (κ3) is 4.97. The first-order valence-corrected chi connectivity index (χ1v) is 9.52. The first-order chi connectivity index (χ1) is 13.3. The van der Waals surface area contributed by atoms with Crippen molar-refractivity contribution in [2.24, 2.45) is 5.41 Å². The largest absolute Gasteiger partial charge is 0.396 e. The average Bonchev–Trinajstić information content (AvgIpc) is 2.92. The van der Waals surface area contributed by atoms with Crippen molar-refractivity contribution in [2.45, 2.75) is 38.5 Å². The maximum atomic E-state index is 13.3. The summed E-state index contributed by atoms with van der Waals surface area (Å²) in [7, 11) is 1.57. The van der Waals surface area contributed by atoms with E-state index in [2.05, 4.69) is 5.32 Å². The molecule has 0 bridgehead atoms. The van der Waals surface area contributed by atoms with Gasteiger partial charge in [-0.2, -0.15) is 0 Å². The van der Waals surface area contributed by atoms with E-state index < -0.39 is 10.8 Å². The minimum absolute atomic E-state index is 0.0281. The van der Waals surface area contributed by atoms with Gasteiger partial charge in [-0.15, -0.1) is 0 Å². The van der Waals surface area contributed by atoms with E-state index in [0.29, 0.717) is 18.6 Å². The normalized spacial score (nSPS) is 19.9. The topological polar surface area (TPSA) is 95.9 Å². The molecule has 1 fully saturated rings. The number of hydrogen-bond donors (Lipinski definition) is 2. The fourth-order valence-corrected chi connectivity index (χ4v) is 3.35. The highest BCUT2D eigenvalue weighted by molar-refractivity contribution is 6.10. The molecule has 0 saturated carbocycles. The highest BCUT2D eigenvalue weighted by atomic mass is 16.5. The number of amides is 3. The van der Waals surface area contributed by atoms with Gasteiger partial charge in [-0.25, -0.2) is 0 Å². The Morgan fingerprint density at radius 1 is 1.29 bits per heavy atom. The van der Waals surface area contributed by atoms with Crippen LogP contribution in [0.3, 0.4) is 0 Å². The van der Waals surface area contributed by atoms with Gasteiger partial charge in [0.05, 0.1) is 5.41 Å². The fourth-order valence-electron chi connectivity index (χ4n) is 3.35. The molecule has 1 aliphatic rings. The van der Waals surface area contributed by atoms with Crippen LogP contribution in [0, 0.1) is 5.41 Å². The van der Waals surface area contributed by atoms with Gasteiger partial charge < -0.3 is 15.2 Å². The Balaban J connectivity index is 2.24. The monoisotopic (exact) mass is 390 g/mol. The molecule has 1 atom stereocenters. The van der Waals surface area contributed by atoms with Gasteiger partial charge in [0, 0.05) is 51.7 Å². The Kier molecular flexibility index (Phi) is 7.32. The summed E-state index contributed by atoms with van der Waals surface area (Å²) in [5.41, 5.74) is -0.991. The van der Waals surface area contributed by atoms with Crippen molar-refractivity contribution in [1.29, 1.82) is 0 Å². The third-order valence-electron chi connectivity index (χ3n) is 5.12. The van der Waals surface area contributed by atoms with Gasteiger partial charge in [0.25, 0.3) is 0 Å². The minimum atomic E-state index is -1.20. The molecular weight excluding hydrogens is 360 g/mol. The number of ether oxygens (including phenoxy) is 1. The lowest BCUT2D eigenvalue weighted by molar-refractivity contribution is -0.141. The molecule has 7 heteroatoms. The Morgan fingerprint density at radius 3 is 2.57 bits per heavy atom. The smallest absolute Gasteiger partial charge is 0.240 e. The Morgan fingerprint density at radius 2 is 1.96 bits per heavy atom. The molecule has 28 heavy (non-hydrogen) atoms. The molecule has 1 saturated heterocycles. The van der Waals surface area contributed by atoms with E-state index in [1.807, 2.05) is 19.9 Å². The number of carbonyl (C=O) groups excluding carboxylic acids is 3. The van der Waals surface area contributed by atoms with Gasteiger partial charge in [-0.05, 0) is 12.0 Å². The van der Waals surface area contributed by atoms with Crippen molar-refractivity contribution >= 4 is 17.7 Å². The molecule has 0 unspecified atom stereocenters. The van der Waals surface area contributed by atoms with Gasteiger partial charge in [0.1, 0.15) is 0 Å². The summed E-state index contributed by atoms with van der Waals surface area (Å²) in [6.45, 7) is 4.62. The maximum Gasteiger partial charge on any atom is 0.240 e. The highest BCUT2D eigenvalue weighted by Crippen LogP contribution is 2.39. The van der Waals surface area contributed by atoms with E-state index in [0.717, 1.165) is 0 Å². The van der Waals surface area contributed by atoms with E-state index >= 15 is 0 Å². The van der Waals surface area contributed by atoms with E-state index in [-0.39, 0.29) is 50.3 Å². The van der Waals surface area contributed by atoms with Crippen molar-refractivity contribution in [3.63, 3.8) is 0 Å². The molecule has 2 rings (SSSR count). The van der Waals surface area contributed by atoms with Crippen molar-refractivity contribution in [3.8, 4) is 0 Å². The van der Waals surface area contributed by atoms with E-state index in [4.69, 9.17) is 4.74 Å². The van der Waals surface area contributed by atoms with E-state index in [1.54, 1.807) is 31.4 Å². The summed E-state index contributed by atoms with van der Waals surface area (Å²) in [5.74, 6) is -0.921. The van der Waals surface area contributed by atoms with Crippen molar-refractivity contribution < 1.29 is 24.2 Å². The van der Waals surface area contributed by atoms with E-state index in [1.165, 1.54) is 4.90 Å². The van der Waals surface area contributed by atoms with Crippen LogP contribution in [0.2, 0.25) is 0 Å². The van der Waals surface area contributed by atoms with E-state index in [9.17, 15) is 19.5 Å². The number of carbonyl (C=O) groups is 3. The second-order valence-corrected chi connectivity index (χ2v) is 8.10. The minimum Gasteiger partial charge on any atom is -0.396 e. The number of benzene rings is 1. The molecule has 0 aromatic heterocycles. The molecule has 0 aliphatic carbocycles. The standard InChI is InChI=1S/C21H30N2O5/c1-20(2,15-24)14-22-17(25)12-21(16-8-5-4-6-9-16)13-18(26)23(19(21)27)10-7-11-28-3/h4-6,8-9,24H,7,10-15H2,1-3H3,(H,22,25)/t21-/m0/s1. The Hall–Kier alpha value is -2.25. The average molecular weight is 390 g/mol. The number of hydrogen-bond acceptors (Lipinski definition) is 5. The third-order valence-corrected chi connectivity index (χ3v) is 5.12. The number of nitrogens with zero attached hydrogens (tertiary/aromatic N) is 1. The second-order valence-electron chi connectivity index (χ2n) is 8.10. The van der Waals surface area contributed by atoms with Crippen molar-refractivity contribution in [1.82, 2.24) is 10.2 Å². The molecular formula is C21H30N2O5. The van der Waals surface area contributed by atoms with Crippen LogP contribution in [0.5, 0.6) is 0 Å². The molecule has 0 radical (unpaired) electrons. The number of nitrogens with one attached hydrogen (secondary N) is 1. The summed E-state index contributed by atoms with van der Waals surface area (Å²) >= 11 is 0. The number of rotatable bonds is 10. The molecule has 1 aromatic rings. The van der Waals surface area contributed by atoms with Crippen LogP contribution in [0.25, 0.3) is 0 Å². The summed E-state index contributed by atoms with van der Waals surface area (Å²) in [6.07, 6.45) is 0.416. The summed E-state index contributed by atoms with van der Waals surface area (Å²) in [5, 5.41) is 12.2. The van der Waals surface area contributed by atoms with Crippen molar-refractivity contribution in [2.75, 3.05) is 33.4 Å². The van der Waals surface area contributed by atoms with Crippen LogP contribution in [0.1, 0.15) is 38.7 Å². The Labute approximate surface area is 166 Å². The lowest BCUT2D eigenvalue weighted by Crippen LogP contribution is -2.44. The zero-order valence-electron chi connectivity index (χ0n) is 16.9. The van der Waals surface area contributed by atoms with Gasteiger partial charge in [-0.1, -0.05) is 44.2 Å². The highest BCUT2D eigenvalue weighted by Gasteiger charge is 2.53. The van der Waals surface area contributed by atoms with Crippen LogP contribution in [0.4, 0.5) is 0 Å². The van der Waals surface area contributed by atoms with Crippen LogP contribution >= 0.6 is 0 Å². The van der Waals surface area contributed by atoms with Crippen LogP contribution in [0.15, 0.2) is 30.3 Å². The molecule has 3 amide bonds. The number of aliphatic hydroxyl groups is 1. The molecule has 1 aliphatic heterocycles. The van der Waals surface area contributed by atoms with Crippen LogP contribution in [-0.4, -0.2) is 61.1 Å². The lowest BCUT2D eigenvalue weighted by atomic mass is 9.75. The summed E-state index contributed by atoms with van der Waals surface area (Å²) in [6, 6.07) is 9.01. The predicted molar refractivity (Wildman–Crippen MR) is 104 cm³/mol. The molecule has 7 nitrogen and oxygen atoms in total. The van der Waals surface area contributed by atoms with Gasteiger partial charge in [0.15, 0.2) is 0 Å². The maximum absolute atomic E-state index is 13.3. The van der Waals surface area contributed by atoms with Crippen molar-refractivity contribution in [3.05, 3.63) is 35.9 Å². The first-order valence-electron chi connectivity index (χ1n) is 9.52. The first kappa shape index (κ1) is 22.0. The zero-order chi connectivity index (χ0) is 20.8. The molecule has 0 spiro atoms. The molecule has 1 aromatic carbocycles. The lowest BCUT2D eigenvalue weighted by Gasteiger charge is -2.28. The van der Waals surface area contributed by atoms with Gasteiger partial charge in [-0.3, -0.25) is 19.3 Å². The number of aliphatic hydroxyl groups excluding tert-OH is 1. The molecule has 2 N–H and O–H groups in total. The Bertz CT molecular complexity index is 704. The summed E-state index contributed by atoms with van der Waals surface area (Å²) < 4.78 is 5.01.